The smallest absolute Gasteiger partial charge is 0.270 e. The summed E-state index contributed by atoms with van der Waals surface area (Å²) in [6, 6.07) is 1.68. The summed E-state index contributed by atoms with van der Waals surface area (Å²) in [6.07, 6.45) is 2.77. The molecular weight excluding hydrogens is 228 g/mol. The molecule has 0 aliphatic carbocycles. The van der Waals surface area contributed by atoms with Crippen LogP contribution in [0.4, 0.5) is 0 Å². The summed E-state index contributed by atoms with van der Waals surface area (Å²) >= 11 is 5.84. The molecule has 0 atom stereocenters. The molecule has 1 aromatic rings. The van der Waals surface area contributed by atoms with Crippen molar-refractivity contribution in [1.82, 2.24) is 9.47 Å². The second-order valence-corrected chi connectivity index (χ2v) is 4.61. The lowest BCUT2D eigenvalue weighted by molar-refractivity contribution is 0.0538. The fourth-order valence-electron chi connectivity index (χ4n) is 1.97. The van der Waals surface area contributed by atoms with E-state index in [0.717, 1.165) is 0 Å². The summed E-state index contributed by atoms with van der Waals surface area (Å²) in [4.78, 5) is 13.9. The van der Waals surface area contributed by atoms with Gasteiger partial charge in [-0.3, -0.25) is 4.79 Å². The summed E-state index contributed by atoms with van der Waals surface area (Å²) in [5, 5.41) is 9.95. The number of aliphatic hydroxyl groups excluding tert-OH is 1. The Labute approximate surface area is 99.4 Å². The van der Waals surface area contributed by atoms with E-state index in [0.29, 0.717) is 36.6 Å². The first-order chi connectivity index (χ1) is 7.58. The van der Waals surface area contributed by atoms with Crippen LogP contribution < -0.4 is 0 Å². The first-order valence-electron chi connectivity index (χ1n) is 5.37. The van der Waals surface area contributed by atoms with Crippen molar-refractivity contribution >= 4 is 17.5 Å². The van der Waals surface area contributed by atoms with Crippen LogP contribution in [0.2, 0.25) is 5.02 Å². The van der Waals surface area contributed by atoms with Crippen molar-refractivity contribution in [3.8, 4) is 0 Å². The summed E-state index contributed by atoms with van der Waals surface area (Å²) in [5.74, 6) is -0.0127. The van der Waals surface area contributed by atoms with Crippen LogP contribution in [-0.2, 0) is 7.05 Å². The normalized spacial score (nSPS) is 17.8. The van der Waals surface area contributed by atoms with Crippen LogP contribution in [0, 0.1) is 0 Å². The van der Waals surface area contributed by atoms with Gasteiger partial charge in [-0.2, -0.15) is 0 Å². The predicted molar refractivity (Wildman–Crippen MR) is 61.6 cm³/mol. The van der Waals surface area contributed by atoms with Gasteiger partial charge in [0.1, 0.15) is 5.69 Å². The molecule has 1 N–H and O–H groups in total. The Balaban J connectivity index is 2.10. The van der Waals surface area contributed by atoms with Gasteiger partial charge < -0.3 is 14.6 Å². The molecule has 16 heavy (non-hydrogen) atoms. The van der Waals surface area contributed by atoms with E-state index in [9.17, 15) is 9.90 Å². The number of amides is 1. The quantitative estimate of drug-likeness (QED) is 0.806. The van der Waals surface area contributed by atoms with Crippen LogP contribution in [0.1, 0.15) is 23.3 Å². The maximum atomic E-state index is 12.1. The van der Waals surface area contributed by atoms with E-state index in [1.165, 1.54) is 0 Å². The molecule has 2 heterocycles. The lowest BCUT2D eigenvalue weighted by Gasteiger charge is -2.29. The Morgan fingerprint density at radius 2 is 2.12 bits per heavy atom. The van der Waals surface area contributed by atoms with Gasteiger partial charge in [0.2, 0.25) is 0 Å². The molecular formula is C11H15ClN2O2. The van der Waals surface area contributed by atoms with Crippen LogP contribution in [0.5, 0.6) is 0 Å². The minimum Gasteiger partial charge on any atom is -0.393 e. The highest BCUT2D eigenvalue weighted by molar-refractivity contribution is 6.31. The first-order valence-corrected chi connectivity index (χ1v) is 5.75. The third-order valence-electron chi connectivity index (χ3n) is 2.94. The van der Waals surface area contributed by atoms with E-state index >= 15 is 0 Å². The zero-order valence-electron chi connectivity index (χ0n) is 9.19. The zero-order valence-corrected chi connectivity index (χ0v) is 9.94. The monoisotopic (exact) mass is 242 g/mol. The van der Waals surface area contributed by atoms with E-state index in [1.807, 2.05) is 0 Å². The first kappa shape index (κ1) is 11.5. The molecule has 2 rings (SSSR count). The summed E-state index contributed by atoms with van der Waals surface area (Å²) in [7, 11) is 1.80. The molecule has 0 aromatic carbocycles. The van der Waals surface area contributed by atoms with Crippen molar-refractivity contribution < 1.29 is 9.90 Å². The zero-order chi connectivity index (χ0) is 11.7. The number of carbonyl (C=O) groups is 1. The van der Waals surface area contributed by atoms with Crippen molar-refractivity contribution in [3.05, 3.63) is 23.0 Å². The van der Waals surface area contributed by atoms with E-state index in [4.69, 9.17) is 11.6 Å². The lowest BCUT2D eigenvalue weighted by Crippen LogP contribution is -2.40. The second kappa shape index (κ2) is 4.47. The number of aryl methyl sites for hydroxylation is 1. The summed E-state index contributed by atoms with van der Waals surface area (Å²) in [5.41, 5.74) is 0.599. The van der Waals surface area contributed by atoms with E-state index in [-0.39, 0.29) is 12.0 Å². The molecule has 1 aromatic heterocycles. The SMILES string of the molecule is Cn1cc(Cl)cc1C(=O)N1CCC(O)CC1. The van der Waals surface area contributed by atoms with E-state index in [2.05, 4.69) is 0 Å². The average Bonchev–Trinajstić information content (AvgIpc) is 2.58. The van der Waals surface area contributed by atoms with Gasteiger partial charge >= 0.3 is 0 Å². The Hall–Kier alpha value is -1.00. The number of likely N-dealkylation sites (tertiary alicyclic amines) is 1. The highest BCUT2D eigenvalue weighted by Crippen LogP contribution is 2.17. The largest absolute Gasteiger partial charge is 0.393 e. The number of hydrogen-bond donors (Lipinski definition) is 1. The van der Waals surface area contributed by atoms with Crippen LogP contribution in [-0.4, -0.2) is 39.7 Å². The molecule has 0 bridgehead atoms. The third-order valence-corrected chi connectivity index (χ3v) is 3.15. The van der Waals surface area contributed by atoms with Gasteiger partial charge in [0.25, 0.3) is 5.91 Å². The number of halogens is 1. The number of carbonyl (C=O) groups excluding carboxylic acids is 1. The molecule has 0 spiro atoms. The van der Waals surface area contributed by atoms with Crippen LogP contribution in [0.15, 0.2) is 12.3 Å². The number of aliphatic hydroxyl groups is 1. The fourth-order valence-corrected chi connectivity index (χ4v) is 2.22. The molecule has 0 unspecified atom stereocenters. The number of piperidine rings is 1. The Morgan fingerprint density at radius 3 is 2.62 bits per heavy atom. The molecule has 1 saturated heterocycles. The minimum absolute atomic E-state index is 0.0127. The second-order valence-electron chi connectivity index (χ2n) is 4.18. The van der Waals surface area contributed by atoms with Crippen molar-refractivity contribution in [2.45, 2.75) is 18.9 Å². The number of nitrogens with zero attached hydrogens (tertiary/aromatic N) is 2. The van der Waals surface area contributed by atoms with Crippen LogP contribution in [0.25, 0.3) is 0 Å². The molecule has 5 heteroatoms. The molecule has 0 saturated carbocycles. The summed E-state index contributed by atoms with van der Waals surface area (Å²) in [6.45, 7) is 1.23. The van der Waals surface area contributed by atoms with Gasteiger partial charge in [-0.05, 0) is 18.9 Å². The Morgan fingerprint density at radius 1 is 1.50 bits per heavy atom. The van der Waals surface area contributed by atoms with Crippen molar-refractivity contribution in [3.63, 3.8) is 0 Å². The van der Waals surface area contributed by atoms with Crippen molar-refractivity contribution in [2.75, 3.05) is 13.1 Å². The van der Waals surface area contributed by atoms with Gasteiger partial charge in [-0.25, -0.2) is 0 Å². The molecule has 1 aliphatic heterocycles. The standard InChI is InChI=1S/C11H15ClN2O2/c1-13-7-8(12)6-10(13)11(16)14-4-2-9(15)3-5-14/h6-7,9,15H,2-5H2,1H3. The average molecular weight is 243 g/mol. The van der Waals surface area contributed by atoms with E-state index in [1.54, 1.807) is 28.8 Å². The number of rotatable bonds is 1. The predicted octanol–water partition coefficient (Wildman–Crippen LogP) is 1.28. The van der Waals surface area contributed by atoms with Crippen LogP contribution in [0.3, 0.4) is 0 Å². The molecule has 4 nitrogen and oxygen atoms in total. The molecule has 0 radical (unpaired) electrons. The number of aromatic nitrogens is 1. The molecule has 1 fully saturated rings. The van der Waals surface area contributed by atoms with Gasteiger partial charge in [-0.15, -0.1) is 0 Å². The lowest BCUT2D eigenvalue weighted by atomic mass is 10.1. The van der Waals surface area contributed by atoms with Gasteiger partial charge in [-0.1, -0.05) is 11.6 Å². The molecule has 1 aliphatic rings. The molecule has 88 valence electrons. The summed E-state index contributed by atoms with van der Waals surface area (Å²) < 4.78 is 1.73. The van der Waals surface area contributed by atoms with E-state index < -0.39 is 0 Å². The van der Waals surface area contributed by atoms with Crippen LogP contribution >= 0.6 is 11.6 Å². The minimum atomic E-state index is -0.263. The highest BCUT2D eigenvalue weighted by Gasteiger charge is 2.23. The number of hydrogen-bond acceptors (Lipinski definition) is 2. The molecule has 1 amide bonds. The maximum absolute atomic E-state index is 12.1. The van der Waals surface area contributed by atoms with Gasteiger partial charge in [0, 0.05) is 26.3 Å². The van der Waals surface area contributed by atoms with Crippen molar-refractivity contribution in [1.29, 1.82) is 0 Å². The highest BCUT2D eigenvalue weighted by atomic mass is 35.5. The van der Waals surface area contributed by atoms with Gasteiger partial charge in [0.15, 0.2) is 0 Å². The van der Waals surface area contributed by atoms with Crippen molar-refractivity contribution in [2.24, 2.45) is 7.05 Å². The third kappa shape index (κ3) is 2.23. The topological polar surface area (TPSA) is 45.5 Å². The fraction of sp³-hybridized carbons (Fsp3) is 0.545. The Kier molecular flexibility index (Phi) is 3.21. The Bertz CT molecular complexity index is 395. The maximum Gasteiger partial charge on any atom is 0.270 e. The van der Waals surface area contributed by atoms with Gasteiger partial charge in [0.05, 0.1) is 11.1 Å².